The molecule has 0 aliphatic rings. The predicted molar refractivity (Wildman–Crippen MR) is 51.9 cm³/mol. The van der Waals surface area contributed by atoms with E-state index in [2.05, 4.69) is 4.74 Å². The third kappa shape index (κ3) is 2.47. The van der Waals surface area contributed by atoms with Gasteiger partial charge in [-0.25, -0.2) is 9.18 Å². The summed E-state index contributed by atoms with van der Waals surface area (Å²) in [5.41, 5.74) is -0.697. The van der Waals surface area contributed by atoms with Gasteiger partial charge in [-0.3, -0.25) is 0 Å². The van der Waals surface area contributed by atoms with Crippen LogP contribution in [-0.2, 0) is 15.5 Å². The first kappa shape index (κ1) is 12.8. The van der Waals surface area contributed by atoms with Crippen molar-refractivity contribution in [2.75, 3.05) is 6.61 Å². The lowest BCUT2D eigenvalue weighted by Gasteiger charge is -2.15. The van der Waals surface area contributed by atoms with Crippen molar-refractivity contribution in [2.24, 2.45) is 0 Å². The minimum Gasteiger partial charge on any atom is -0.461 e. The Morgan fingerprint density at radius 3 is 2.62 bits per heavy atom. The largest absolute Gasteiger partial charge is 0.461 e. The van der Waals surface area contributed by atoms with Crippen molar-refractivity contribution < 1.29 is 22.7 Å². The zero-order valence-corrected chi connectivity index (χ0v) is 9.02. The maximum atomic E-state index is 13.4. The van der Waals surface area contributed by atoms with Crippen LogP contribution in [0.3, 0.4) is 0 Å². The fourth-order valence-electron chi connectivity index (χ4n) is 1.03. The molecule has 16 heavy (non-hydrogen) atoms. The Hall–Kier alpha value is -1.23. The summed E-state index contributed by atoms with van der Waals surface area (Å²) < 4.78 is 43.7. The molecule has 1 aromatic carbocycles. The fraction of sp³-hybridized carbons (Fsp3) is 0.300. The molecule has 0 bridgehead atoms. The van der Waals surface area contributed by atoms with Gasteiger partial charge in [-0.2, -0.15) is 8.78 Å². The van der Waals surface area contributed by atoms with E-state index in [1.807, 2.05) is 0 Å². The van der Waals surface area contributed by atoms with Crippen LogP contribution in [0.5, 0.6) is 0 Å². The normalized spacial score (nSPS) is 11.3. The van der Waals surface area contributed by atoms with Crippen molar-refractivity contribution >= 4 is 17.6 Å². The second kappa shape index (κ2) is 4.74. The van der Waals surface area contributed by atoms with Gasteiger partial charge in [0, 0.05) is 5.56 Å². The van der Waals surface area contributed by atoms with Crippen LogP contribution in [0.4, 0.5) is 13.2 Å². The van der Waals surface area contributed by atoms with E-state index in [9.17, 15) is 18.0 Å². The van der Waals surface area contributed by atoms with Crippen LogP contribution in [0, 0.1) is 5.82 Å². The maximum Gasteiger partial charge on any atom is 0.381 e. The first-order valence-corrected chi connectivity index (χ1v) is 4.78. The lowest BCUT2D eigenvalue weighted by Crippen LogP contribution is -2.28. The van der Waals surface area contributed by atoms with Crippen molar-refractivity contribution in [1.29, 1.82) is 0 Å². The molecule has 88 valence electrons. The van der Waals surface area contributed by atoms with E-state index in [0.29, 0.717) is 6.07 Å². The zero-order chi connectivity index (χ0) is 12.3. The summed E-state index contributed by atoms with van der Waals surface area (Å²) in [5.74, 6) is -6.34. The van der Waals surface area contributed by atoms with Gasteiger partial charge in [0.15, 0.2) is 0 Å². The summed E-state index contributed by atoms with van der Waals surface area (Å²) in [6, 6.07) is 2.26. The fourth-order valence-corrected chi connectivity index (χ4v) is 1.21. The Labute approximate surface area is 95.0 Å². The number of rotatable bonds is 3. The third-order valence-corrected chi connectivity index (χ3v) is 2.10. The van der Waals surface area contributed by atoms with Gasteiger partial charge in [-0.1, -0.05) is 11.6 Å². The van der Waals surface area contributed by atoms with Crippen LogP contribution in [0.25, 0.3) is 0 Å². The Balaban J connectivity index is 3.06. The highest BCUT2D eigenvalue weighted by molar-refractivity contribution is 6.30. The second-order valence-electron chi connectivity index (χ2n) is 2.92. The van der Waals surface area contributed by atoms with Gasteiger partial charge in [-0.05, 0) is 25.1 Å². The van der Waals surface area contributed by atoms with Crippen LogP contribution in [0.2, 0.25) is 5.02 Å². The molecule has 0 saturated heterocycles. The molecule has 0 unspecified atom stereocenters. The number of halogens is 4. The van der Waals surface area contributed by atoms with E-state index in [-0.39, 0.29) is 6.61 Å². The number of ether oxygens (including phenoxy) is 1. The van der Waals surface area contributed by atoms with Gasteiger partial charge in [0.1, 0.15) is 5.82 Å². The van der Waals surface area contributed by atoms with E-state index >= 15 is 0 Å². The van der Waals surface area contributed by atoms with Crippen molar-refractivity contribution in [2.45, 2.75) is 12.8 Å². The first-order valence-electron chi connectivity index (χ1n) is 4.40. The van der Waals surface area contributed by atoms with Crippen molar-refractivity contribution in [3.05, 3.63) is 34.6 Å². The second-order valence-corrected chi connectivity index (χ2v) is 3.33. The highest BCUT2D eigenvalue weighted by atomic mass is 35.5. The molecular weight excluding hydrogens is 245 g/mol. The van der Waals surface area contributed by atoms with Crippen LogP contribution in [0.1, 0.15) is 12.5 Å². The van der Waals surface area contributed by atoms with Crippen molar-refractivity contribution in [3.8, 4) is 0 Å². The average Bonchev–Trinajstić information content (AvgIpc) is 2.22. The van der Waals surface area contributed by atoms with E-state index in [4.69, 9.17) is 11.6 Å². The van der Waals surface area contributed by atoms with E-state index in [1.165, 1.54) is 6.92 Å². The molecule has 6 heteroatoms. The molecule has 0 heterocycles. The Morgan fingerprint density at radius 2 is 2.12 bits per heavy atom. The summed E-state index contributed by atoms with van der Waals surface area (Å²) in [6.45, 7) is 1.25. The highest BCUT2D eigenvalue weighted by Gasteiger charge is 2.42. The highest BCUT2D eigenvalue weighted by Crippen LogP contribution is 2.31. The van der Waals surface area contributed by atoms with E-state index < -0.39 is 28.3 Å². The number of hydrogen-bond donors (Lipinski definition) is 0. The number of benzene rings is 1. The molecule has 1 aromatic rings. The zero-order valence-electron chi connectivity index (χ0n) is 8.27. The van der Waals surface area contributed by atoms with Gasteiger partial charge < -0.3 is 4.74 Å². The minimum absolute atomic E-state index is 0.163. The standard InChI is InChI=1S/C10H8ClF3O2/c1-2-16-9(15)10(13,14)6-3-4-8(12)7(11)5-6/h3-5H,2H2,1H3. The third-order valence-electron chi connectivity index (χ3n) is 1.81. The number of carbonyl (C=O) groups excluding carboxylic acids is 1. The van der Waals surface area contributed by atoms with Crippen LogP contribution in [-0.4, -0.2) is 12.6 Å². The molecule has 0 radical (unpaired) electrons. The number of esters is 1. The van der Waals surface area contributed by atoms with Gasteiger partial charge >= 0.3 is 11.9 Å². The SMILES string of the molecule is CCOC(=O)C(F)(F)c1ccc(F)c(Cl)c1. The number of hydrogen-bond acceptors (Lipinski definition) is 2. The molecule has 0 spiro atoms. The van der Waals surface area contributed by atoms with Gasteiger partial charge in [0.25, 0.3) is 0 Å². The quantitative estimate of drug-likeness (QED) is 0.773. The van der Waals surface area contributed by atoms with E-state index in [1.54, 1.807) is 0 Å². The summed E-state index contributed by atoms with van der Waals surface area (Å²) >= 11 is 5.34. The molecule has 0 N–H and O–H groups in total. The Morgan fingerprint density at radius 1 is 1.50 bits per heavy atom. The van der Waals surface area contributed by atoms with Crippen LogP contribution in [0.15, 0.2) is 18.2 Å². The Bertz CT molecular complexity index is 407. The lowest BCUT2D eigenvalue weighted by molar-refractivity contribution is -0.173. The first-order chi connectivity index (χ1) is 7.39. The molecule has 0 fully saturated rings. The maximum absolute atomic E-state index is 13.4. The topological polar surface area (TPSA) is 26.3 Å². The monoisotopic (exact) mass is 252 g/mol. The molecule has 2 nitrogen and oxygen atoms in total. The van der Waals surface area contributed by atoms with Gasteiger partial charge in [0.2, 0.25) is 0 Å². The molecule has 1 rings (SSSR count). The number of alkyl halides is 2. The van der Waals surface area contributed by atoms with Crippen molar-refractivity contribution in [3.63, 3.8) is 0 Å². The average molecular weight is 253 g/mol. The van der Waals surface area contributed by atoms with Gasteiger partial charge in [0.05, 0.1) is 11.6 Å². The molecule has 0 atom stereocenters. The van der Waals surface area contributed by atoms with Crippen LogP contribution >= 0.6 is 11.6 Å². The lowest BCUT2D eigenvalue weighted by atomic mass is 10.1. The summed E-state index contributed by atoms with van der Waals surface area (Å²) in [6.07, 6.45) is 0. The molecule has 0 saturated carbocycles. The van der Waals surface area contributed by atoms with Crippen molar-refractivity contribution in [1.82, 2.24) is 0 Å². The Kier molecular flexibility index (Phi) is 3.80. The molecule has 0 aromatic heterocycles. The predicted octanol–water partition coefficient (Wildman–Crippen LogP) is 3.13. The molecular formula is C10H8ClF3O2. The smallest absolute Gasteiger partial charge is 0.381 e. The molecule has 0 aliphatic heterocycles. The van der Waals surface area contributed by atoms with Crippen LogP contribution < -0.4 is 0 Å². The summed E-state index contributed by atoms with van der Waals surface area (Å²) in [7, 11) is 0. The summed E-state index contributed by atoms with van der Waals surface area (Å²) in [4.78, 5) is 11.0. The van der Waals surface area contributed by atoms with E-state index in [0.717, 1.165) is 12.1 Å². The van der Waals surface area contributed by atoms with Gasteiger partial charge in [-0.15, -0.1) is 0 Å². The number of carbonyl (C=O) groups is 1. The summed E-state index contributed by atoms with van der Waals surface area (Å²) in [5, 5.41) is -0.471. The molecule has 0 amide bonds. The molecule has 0 aliphatic carbocycles. The minimum atomic E-state index is -3.83.